The maximum atomic E-state index is 15.0. The number of hydrogen-bond acceptors (Lipinski definition) is 5. The molecule has 0 fully saturated rings. The number of carbonyl (C=O) groups is 1. The minimum Gasteiger partial charge on any atom is -0.550 e. The Morgan fingerprint density at radius 3 is 2.63 bits per heavy atom. The number of fused-ring (bicyclic) bond motifs is 1. The van der Waals surface area contributed by atoms with E-state index in [1.807, 2.05) is 30.3 Å². The van der Waals surface area contributed by atoms with Crippen LogP contribution in [-0.4, -0.2) is 5.97 Å². The molecule has 0 amide bonds. The molecule has 6 heteroatoms. The van der Waals surface area contributed by atoms with Gasteiger partial charge < -0.3 is 25.4 Å². The quantitative estimate of drug-likeness (QED) is 0.492. The van der Waals surface area contributed by atoms with Crippen molar-refractivity contribution in [3.05, 3.63) is 89.4 Å². The van der Waals surface area contributed by atoms with Crippen LogP contribution in [0.15, 0.2) is 71.3 Å². The highest BCUT2D eigenvalue weighted by Crippen LogP contribution is 2.34. The molecule has 1 heterocycles. The second kappa shape index (κ2) is 8.39. The Hall–Kier alpha value is -3.64. The highest BCUT2D eigenvalue weighted by Gasteiger charge is 2.15. The Labute approximate surface area is 172 Å². The highest BCUT2D eigenvalue weighted by molar-refractivity contribution is 5.93. The smallest absolute Gasteiger partial charge is 0.141 e. The van der Waals surface area contributed by atoms with Gasteiger partial charge in [-0.15, -0.1) is 0 Å². The van der Waals surface area contributed by atoms with E-state index in [9.17, 15) is 14.3 Å². The summed E-state index contributed by atoms with van der Waals surface area (Å²) in [7, 11) is 0. The molecule has 0 spiro atoms. The minimum atomic E-state index is -1.14. The number of anilines is 1. The predicted molar refractivity (Wildman–Crippen MR) is 112 cm³/mol. The van der Waals surface area contributed by atoms with Crippen LogP contribution in [0.2, 0.25) is 0 Å². The van der Waals surface area contributed by atoms with E-state index < -0.39 is 5.97 Å². The molecule has 0 saturated heterocycles. The van der Waals surface area contributed by atoms with E-state index in [1.54, 1.807) is 36.6 Å². The molecule has 30 heavy (non-hydrogen) atoms. The third-order valence-electron chi connectivity index (χ3n) is 5.03. The van der Waals surface area contributed by atoms with E-state index in [0.717, 1.165) is 10.9 Å². The molecule has 3 aromatic carbocycles. The fourth-order valence-corrected chi connectivity index (χ4v) is 3.59. The second-order valence-electron chi connectivity index (χ2n) is 7.02. The zero-order chi connectivity index (χ0) is 21.1. The standard InChI is InChI=1S/C24H21FN2O3/c25-23-18(13-26)5-3-6-19(23)20-11-15(10-17-8-9-30-24(17)20)14-27-21-7-2-1-4-16(21)12-22(28)29/h1-11,27H,12-14,26H2,(H,28,29)/p-1. The first-order valence-electron chi connectivity index (χ1n) is 9.56. The SMILES string of the molecule is NCc1cccc(-c2cc(CNc3ccccc3CC(=O)[O-])cc3ccoc23)c1F. The van der Waals surface area contributed by atoms with Gasteiger partial charge in [0.2, 0.25) is 0 Å². The predicted octanol–water partition coefficient (Wildman–Crippen LogP) is 3.60. The summed E-state index contributed by atoms with van der Waals surface area (Å²) in [4.78, 5) is 11.0. The number of aliphatic carboxylic acids is 1. The highest BCUT2D eigenvalue weighted by atomic mass is 19.1. The number of hydrogen-bond donors (Lipinski definition) is 2. The third kappa shape index (κ3) is 3.90. The zero-order valence-corrected chi connectivity index (χ0v) is 16.2. The molecule has 152 valence electrons. The van der Waals surface area contributed by atoms with Crippen LogP contribution in [-0.2, 0) is 24.3 Å². The first-order chi connectivity index (χ1) is 14.6. The molecule has 3 N–H and O–H groups in total. The van der Waals surface area contributed by atoms with Crippen molar-refractivity contribution >= 4 is 22.6 Å². The number of para-hydroxylation sites is 1. The number of carboxylic acid groups (broad SMARTS) is 1. The van der Waals surface area contributed by atoms with Crippen molar-refractivity contribution in [1.82, 2.24) is 0 Å². The fourth-order valence-electron chi connectivity index (χ4n) is 3.59. The van der Waals surface area contributed by atoms with Gasteiger partial charge in [0.05, 0.1) is 6.26 Å². The van der Waals surface area contributed by atoms with Gasteiger partial charge in [0, 0.05) is 53.2 Å². The molecular weight excluding hydrogens is 383 g/mol. The van der Waals surface area contributed by atoms with Crippen LogP contribution in [0.4, 0.5) is 10.1 Å². The summed E-state index contributed by atoms with van der Waals surface area (Å²) >= 11 is 0. The summed E-state index contributed by atoms with van der Waals surface area (Å²) < 4.78 is 20.6. The Kier molecular flexibility index (Phi) is 5.50. The van der Waals surface area contributed by atoms with Crippen LogP contribution in [0.3, 0.4) is 0 Å². The number of carboxylic acids is 1. The second-order valence-corrected chi connectivity index (χ2v) is 7.02. The average Bonchev–Trinajstić information content (AvgIpc) is 3.21. The average molecular weight is 403 g/mol. The fraction of sp³-hybridized carbons (Fsp3) is 0.125. The van der Waals surface area contributed by atoms with Crippen molar-refractivity contribution in [1.29, 1.82) is 0 Å². The lowest BCUT2D eigenvalue weighted by Crippen LogP contribution is -2.24. The number of nitrogens with one attached hydrogen (secondary N) is 1. The number of furan rings is 1. The summed E-state index contributed by atoms with van der Waals surface area (Å²) in [6, 6.07) is 18.0. The summed E-state index contributed by atoms with van der Waals surface area (Å²) in [6.07, 6.45) is 1.40. The molecule has 0 aliphatic heterocycles. The van der Waals surface area contributed by atoms with Gasteiger partial charge in [-0.25, -0.2) is 4.39 Å². The first kappa shape index (κ1) is 19.7. The number of carbonyl (C=O) groups excluding carboxylic acids is 1. The Balaban J connectivity index is 1.70. The summed E-state index contributed by atoms with van der Waals surface area (Å²) in [6.45, 7) is 0.536. The van der Waals surface area contributed by atoms with Crippen molar-refractivity contribution in [3.63, 3.8) is 0 Å². The van der Waals surface area contributed by atoms with Crippen LogP contribution >= 0.6 is 0 Å². The Morgan fingerprint density at radius 2 is 1.83 bits per heavy atom. The van der Waals surface area contributed by atoms with Gasteiger partial charge >= 0.3 is 0 Å². The van der Waals surface area contributed by atoms with Crippen LogP contribution in [0.5, 0.6) is 0 Å². The van der Waals surface area contributed by atoms with Gasteiger partial charge in [-0.05, 0) is 35.4 Å². The number of benzene rings is 3. The van der Waals surface area contributed by atoms with Crippen LogP contribution in [0.25, 0.3) is 22.1 Å². The van der Waals surface area contributed by atoms with Gasteiger partial charge in [0.25, 0.3) is 0 Å². The summed E-state index contributed by atoms with van der Waals surface area (Å²) in [5.41, 5.74) is 10.0. The molecule has 0 atom stereocenters. The Bertz CT molecular complexity index is 1220. The molecule has 4 rings (SSSR count). The molecule has 0 radical (unpaired) electrons. The first-order valence-corrected chi connectivity index (χ1v) is 9.56. The molecule has 0 aliphatic carbocycles. The number of nitrogens with two attached hydrogens (primary N) is 1. The third-order valence-corrected chi connectivity index (χ3v) is 5.03. The van der Waals surface area contributed by atoms with E-state index in [-0.39, 0.29) is 18.8 Å². The normalized spacial score (nSPS) is 11.0. The van der Waals surface area contributed by atoms with Crippen molar-refractivity contribution in [2.45, 2.75) is 19.5 Å². The van der Waals surface area contributed by atoms with Gasteiger partial charge in [-0.1, -0.05) is 36.4 Å². The van der Waals surface area contributed by atoms with Crippen LogP contribution in [0, 0.1) is 5.82 Å². The van der Waals surface area contributed by atoms with Crippen LogP contribution < -0.4 is 16.2 Å². The maximum absolute atomic E-state index is 15.0. The maximum Gasteiger partial charge on any atom is 0.141 e. The summed E-state index contributed by atoms with van der Waals surface area (Å²) in [5.74, 6) is -1.50. The lowest BCUT2D eigenvalue weighted by molar-refractivity contribution is -0.304. The number of halogens is 1. The van der Waals surface area contributed by atoms with Gasteiger partial charge in [-0.3, -0.25) is 0 Å². The van der Waals surface area contributed by atoms with Gasteiger partial charge in [0.15, 0.2) is 0 Å². The molecule has 5 nitrogen and oxygen atoms in total. The lowest BCUT2D eigenvalue weighted by Gasteiger charge is -2.14. The van der Waals surface area contributed by atoms with Gasteiger partial charge in [-0.2, -0.15) is 0 Å². The van der Waals surface area contributed by atoms with E-state index in [0.29, 0.717) is 40.1 Å². The van der Waals surface area contributed by atoms with E-state index in [1.165, 1.54) is 0 Å². The molecule has 0 saturated carbocycles. The number of rotatable bonds is 7. The van der Waals surface area contributed by atoms with Crippen molar-refractivity contribution in [3.8, 4) is 11.1 Å². The van der Waals surface area contributed by atoms with Crippen molar-refractivity contribution in [2.75, 3.05) is 5.32 Å². The molecule has 4 aromatic rings. The molecule has 0 aliphatic rings. The summed E-state index contributed by atoms with van der Waals surface area (Å²) in [5, 5.41) is 15.1. The van der Waals surface area contributed by atoms with Gasteiger partial charge in [0.1, 0.15) is 11.4 Å². The monoisotopic (exact) mass is 403 g/mol. The van der Waals surface area contributed by atoms with E-state index >= 15 is 0 Å². The molecule has 1 aromatic heterocycles. The molecular formula is C24H20FN2O3-. The van der Waals surface area contributed by atoms with Crippen molar-refractivity contribution in [2.24, 2.45) is 5.73 Å². The van der Waals surface area contributed by atoms with E-state index in [2.05, 4.69) is 5.32 Å². The minimum absolute atomic E-state index is 0.109. The van der Waals surface area contributed by atoms with E-state index in [4.69, 9.17) is 10.2 Å². The lowest BCUT2D eigenvalue weighted by atomic mass is 9.98. The molecule has 0 unspecified atom stereocenters. The molecule has 0 bridgehead atoms. The van der Waals surface area contributed by atoms with Crippen molar-refractivity contribution < 1.29 is 18.7 Å². The van der Waals surface area contributed by atoms with Crippen LogP contribution in [0.1, 0.15) is 16.7 Å². The topological polar surface area (TPSA) is 91.3 Å². The zero-order valence-electron chi connectivity index (χ0n) is 16.2. The largest absolute Gasteiger partial charge is 0.550 e. The Morgan fingerprint density at radius 1 is 1.03 bits per heavy atom.